The Kier molecular flexibility index (Phi) is 12.5. The summed E-state index contributed by atoms with van der Waals surface area (Å²) in [6.45, 7) is 4.01. The average Bonchev–Trinajstić information content (AvgIpc) is 2.89. The maximum absolute atomic E-state index is 11.7. The van der Waals surface area contributed by atoms with Crippen molar-refractivity contribution in [2.24, 2.45) is 0 Å². The molecule has 0 unspecified atom stereocenters. The van der Waals surface area contributed by atoms with E-state index in [9.17, 15) is 9.59 Å². The van der Waals surface area contributed by atoms with Crippen molar-refractivity contribution >= 4 is 43.4 Å². The van der Waals surface area contributed by atoms with Crippen LogP contribution in [0.3, 0.4) is 0 Å². The zero-order valence-electron chi connectivity index (χ0n) is 19.1. The van der Waals surface area contributed by atoms with E-state index >= 15 is 0 Å². The van der Waals surface area contributed by atoms with Gasteiger partial charge in [-0.3, -0.25) is 19.6 Å². The molecule has 0 aliphatic heterocycles. The van der Waals surface area contributed by atoms with Crippen LogP contribution in [0.25, 0.3) is 0 Å². The Morgan fingerprint density at radius 2 is 0.971 bits per heavy atom. The molecule has 0 spiro atoms. The zero-order chi connectivity index (χ0) is 25.5. The van der Waals surface area contributed by atoms with Crippen molar-refractivity contribution in [2.75, 3.05) is 10.6 Å². The fraction of sp³-hybridized carbons (Fsp3) is 0.0769. The Balaban J connectivity index is 0.000000222. The number of nitrogens with one attached hydrogen (secondary N) is 2. The fourth-order valence-electron chi connectivity index (χ4n) is 2.66. The van der Waals surface area contributed by atoms with Crippen LogP contribution < -0.4 is 10.6 Å². The molecule has 0 bridgehead atoms. The Labute approximate surface area is 219 Å². The summed E-state index contributed by atoms with van der Waals surface area (Å²) in [5, 5.41) is 5.57. The van der Waals surface area contributed by atoms with E-state index in [1.807, 2.05) is 62.4 Å². The second-order valence-electron chi connectivity index (χ2n) is 7.12. The standard InChI is InChI=1S/2C13H12N2O.2ClH.Mn/c2*1-10-5-7-11(8-6-10)15-13(16)12-4-2-3-9-14-12;;;/h2*2-9H,1H3,(H,15,16);2*1H;/q;;;;+2/p-2. The number of aromatic nitrogens is 2. The summed E-state index contributed by atoms with van der Waals surface area (Å²) < 4.78 is 0. The Morgan fingerprint density at radius 1 is 0.629 bits per heavy atom. The molecular weight excluding hydrogens is 526 g/mol. The number of halogens is 2. The van der Waals surface area contributed by atoms with E-state index in [0.717, 1.165) is 22.5 Å². The van der Waals surface area contributed by atoms with Gasteiger partial charge in [0, 0.05) is 23.8 Å². The number of nitrogens with zero attached hydrogens (tertiary/aromatic N) is 2. The zero-order valence-corrected chi connectivity index (χ0v) is 21.8. The minimum atomic E-state index is -0.190. The molecule has 2 heterocycles. The van der Waals surface area contributed by atoms with Crippen LogP contribution in [0, 0.1) is 13.8 Å². The number of hydrogen-bond acceptors (Lipinski definition) is 4. The van der Waals surface area contributed by atoms with Gasteiger partial charge in [0.2, 0.25) is 0 Å². The maximum atomic E-state index is 11.7. The number of carbonyl (C=O) groups excluding carboxylic acids is 2. The molecule has 0 saturated carbocycles. The molecule has 0 aliphatic rings. The van der Waals surface area contributed by atoms with Crippen molar-refractivity contribution in [1.82, 2.24) is 9.97 Å². The van der Waals surface area contributed by atoms with Gasteiger partial charge >= 0.3 is 33.3 Å². The number of anilines is 2. The molecule has 2 N–H and O–H groups in total. The second kappa shape index (κ2) is 15.6. The van der Waals surface area contributed by atoms with E-state index in [0.29, 0.717) is 11.4 Å². The number of amides is 2. The van der Waals surface area contributed by atoms with E-state index in [-0.39, 0.29) is 24.9 Å². The van der Waals surface area contributed by atoms with Gasteiger partial charge in [-0.2, -0.15) is 0 Å². The van der Waals surface area contributed by atoms with Gasteiger partial charge in [0.15, 0.2) is 0 Å². The van der Waals surface area contributed by atoms with Crippen LogP contribution in [0.15, 0.2) is 97.3 Å². The van der Waals surface area contributed by atoms with Gasteiger partial charge in [-0.05, 0) is 62.4 Å². The predicted octanol–water partition coefficient (Wildman–Crippen LogP) is 6.66. The van der Waals surface area contributed by atoms with E-state index in [1.54, 1.807) is 48.8 Å². The number of pyridine rings is 2. The third-order valence-corrected chi connectivity index (χ3v) is 4.41. The van der Waals surface area contributed by atoms with Crippen molar-refractivity contribution in [1.29, 1.82) is 0 Å². The molecular formula is C26H24Cl2MnN4O2. The summed E-state index contributed by atoms with van der Waals surface area (Å²) >= 11 is 0.00694. The van der Waals surface area contributed by atoms with Crippen LogP contribution >= 0.6 is 20.2 Å². The van der Waals surface area contributed by atoms with E-state index in [4.69, 9.17) is 20.2 Å². The summed E-state index contributed by atoms with van der Waals surface area (Å²) in [6, 6.07) is 25.8. The van der Waals surface area contributed by atoms with Gasteiger partial charge < -0.3 is 10.6 Å². The van der Waals surface area contributed by atoms with Crippen molar-refractivity contribution in [3.05, 3.63) is 120 Å². The van der Waals surface area contributed by atoms with Crippen molar-refractivity contribution in [3.8, 4) is 0 Å². The minimum absolute atomic E-state index is 0.00694. The quantitative estimate of drug-likeness (QED) is 0.279. The van der Waals surface area contributed by atoms with E-state index in [2.05, 4.69) is 20.6 Å². The van der Waals surface area contributed by atoms with Gasteiger partial charge in [-0.15, -0.1) is 0 Å². The molecule has 4 rings (SSSR count). The molecule has 6 nitrogen and oxygen atoms in total. The average molecular weight is 550 g/mol. The second-order valence-corrected chi connectivity index (χ2v) is 9.07. The molecule has 0 fully saturated rings. The molecule has 2 aromatic heterocycles. The summed E-state index contributed by atoms with van der Waals surface area (Å²) in [5.74, 6) is -0.381. The third-order valence-electron chi connectivity index (χ3n) is 4.41. The van der Waals surface area contributed by atoms with Gasteiger partial charge in [0.1, 0.15) is 11.4 Å². The molecule has 0 radical (unpaired) electrons. The molecule has 0 saturated heterocycles. The van der Waals surface area contributed by atoms with Crippen LogP contribution in [0.1, 0.15) is 32.1 Å². The molecule has 0 atom stereocenters. The first-order valence-corrected chi connectivity index (χ1v) is 13.6. The Hall–Kier alpha value is -3.22. The first-order chi connectivity index (χ1) is 16.9. The van der Waals surface area contributed by atoms with Crippen LogP contribution in [-0.4, -0.2) is 21.8 Å². The number of carbonyl (C=O) groups is 2. The van der Waals surface area contributed by atoms with Gasteiger partial charge in [-0.1, -0.05) is 47.5 Å². The van der Waals surface area contributed by atoms with Crippen molar-refractivity contribution in [2.45, 2.75) is 13.8 Å². The molecule has 4 aromatic rings. The van der Waals surface area contributed by atoms with Crippen LogP contribution in [0.2, 0.25) is 0 Å². The summed E-state index contributed by atoms with van der Waals surface area (Å²) in [4.78, 5) is 31.4. The number of hydrogen-bond donors (Lipinski definition) is 2. The van der Waals surface area contributed by atoms with Crippen LogP contribution in [-0.2, 0) is 13.1 Å². The monoisotopic (exact) mass is 549 g/mol. The van der Waals surface area contributed by atoms with Crippen molar-refractivity contribution < 1.29 is 22.7 Å². The topological polar surface area (TPSA) is 84.0 Å². The third kappa shape index (κ3) is 10.7. The molecule has 0 aliphatic carbocycles. The molecule has 9 heteroatoms. The summed E-state index contributed by atoms with van der Waals surface area (Å²) in [7, 11) is 9.59. The number of aryl methyl sites for hydroxylation is 2. The molecule has 2 amide bonds. The molecule has 2 aromatic carbocycles. The first-order valence-electron chi connectivity index (χ1n) is 10.4. The van der Waals surface area contributed by atoms with Gasteiger partial charge in [-0.25, -0.2) is 0 Å². The van der Waals surface area contributed by atoms with Crippen LogP contribution in [0.5, 0.6) is 0 Å². The van der Waals surface area contributed by atoms with Gasteiger partial charge in [0.05, 0.1) is 0 Å². The number of rotatable bonds is 4. The normalized spacial score (nSPS) is 9.49. The Bertz CT molecular complexity index is 1080. The SMILES string of the molecule is Cc1ccc(NC(=O)c2ccccn2)cc1.Cc1ccc(NC(=O)c2ccccn2)cc1.[Cl][Mn][Cl]. The number of benzene rings is 2. The summed E-state index contributed by atoms with van der Waals surface area (Å²) in [6.07, 6.45) is 3.20. The van der Waals surface area contributed by atoms with Gasteiger partial charge in [0.25, 0.3) is 11.8 Å². The predicted molar refractivity (Wildman–Crippen MR) is 138 cm³/mol. The van der Waals surface area contributed by atoms with E-state index < -0.39 is 0 Å². The summed E-state index contributed by atoms with van der Waals surface area (Å²) in [5.41, 5.74) is 4.72. The molecule has 181 valence electrons. The fourth-order valence-corrected chi connectivity index (χ4v) is 2.66. The van der Waals surface area contributed by atoms with Crippen LogP contribution in [0.4, 0.5) is 11.4 Å². The first kappa shape index (κ1) is 28.0. The van der Waals surface area contributed by atoms with Crippen molar-refractivity contribution in [3.63, 3.8) is 0 Å². The van der Waals surface area contributed by atoms with E-state index in [1.165, 1.54) is 0 Å². The Morgan fingerprint density at radius 3 is 1.26 bits per heavy atom. The molecule has 35 heavy (non-hydrogen) atoms.